The quantitative estimate of drug-likeness (QED) is 0.529. The molecule has 1 aromatic carbocycles. The van der Waals surface area contributed by atoms with E-state index < -0.39 is 0 Å². The summed E-state index contributed by atoms with van der Waals surface area (Å²) in [5, 5.41) is 14.9. The van der Waals surface area contributed by atoms with Crippen molar-refractivity contribution >= 4 is 22.9 Å². The average molecular weight is 424 g/mol. The molecule has 0 amide bonds. The molecule has 1 fully saturated rings. The number of carbonyl (C=O) groups is 1. The largest absolute Gasteiger partial charge is 0.489 e. The van der Waals surface area contributed by atoms with E-state index in [1.54, 1.807) is 6.20 Å². The van der Waals surface area contributed by atoms with Crippen molar-refractivity contribution in [2.45, 2.75) is 32.4 Å². The van der Waals surface area contributed by atoms with Crippen LogP contribution >= 0.6 is 11.3 Å². The molecule has 3 aromatic rings. The molecule has 6 nitrogen and oxygen atoms in total. The number of thiophene rings is 1. The van der Waals surface area contributed by atoms with E-state index in [4.69, 9.17) is 4.74 Å². The summed E-state index contributed by atoms with van der Waals surface area (Å²) in [6.07, 6.45) is 4.84. The number of rotatable bonds is 8. The van der Waals surface area contributed by atoms with Crippen LogP contribution in [-0.2, 0) is 6.61 Å². The first-order valence-corrected chi connectivity index (χ1v) is 11.0. The molecule has 4 rings (SSSR count). The Bertz CT molecular complexity index is 992. The zero-order valence-corrected chi connectivity index (χ0v) is 17.6. The SMILES string of the molecule is C[C@H]1C[C@H](Nc2ncncc2C(=O)c2cc(COc3ccccc3)cs2)C[C@@H]1CO. The Morgan fingerprint density at radius 1 is 1.30 bits per heavy atom. The van der Waals surface area contributed by atoms with Gasteiger partial charge in [-0.2, -0.15) is 0 Å². The van der Waals surface area contributed by atoms with Crippen LogP contribution in [0.3, 0.4) is 0 Å². The number of aliphatic hydroxyl groups is 1. The molecule has 2 aromatic heterocycles. The Kier molecular flexibility index (Phi) is 6.40. The number of nitrogens with one attached hydrogen (secondary N) is 1. The molecule has 0 aliphatic heterocycles. The van der Waals surface area contributed by atoms with Crippen LogP contribution in [0, 0.1) is 11.8 Å². The molecule has 0 saturated heterocycles. The predicted molar refractivity (Wildman–Crippen MR) is 117 cm³/mol. The molecule has 1 saturated carbocycles. The zero-order chi connectivity index (χ0) is 20.9. The Balaban J connectivity index is 1.44. The van der Waals surface area contributed by atoms with E-state index >= 15 is 0 Å². The molecule has 156 valence electrons. The summed E-state index contributed by atoms with van der Waals surface area (Å²) in [7, 11) is 0. The lowest BCUT2D eigenvalue weighted by Crippen LogP contribution is -2.19. The van der Waals surface area contributed by atoms with Crippen LogP contribution in [0.25, 0.3) is 0 Å². The second-order valence-corrected chi connectivity index (χ2v) is 8.68. The first-order chi connectivity index (χ1) is 14.6. The van der Waals surface area contributed by atoms with Crippen LogP contribution < -0.4 is 10.1 Å². The van der Waals surface area contributed by atoms with Gasteiger partial charge < -0.3 is 15.2 Å². The van der Waals surface area contributed by atoms with Crippen LogP contribution in [0.4, 0.5) is 5.82 Å². The lowest BCUT2D eigenvalue weighted by Gasteiger charge is -2.15. The van der Waals surface area contributed by atoms with Crippen LogP contribution in [-0.4, -0.2) is 33.5 Å². The summed E-state index contributed by atoms with van der Waals surface area (Å²) in [5.41, 5.74) is 1.42. The summed E-state index contributed by atoms with van der Waals surface area (Å²) in [6, 6.07) is 11.7. The highest BCUT2D eigenvalue weighted by Gasteiger charge is 2.31. The van der Waals surface area contributed by atoms with Gasteiger partial charge in [0, 0.05) is 24.4 Å². The van der Waals surface area contributed by atoms with Crippen LogP contribution in [0.1, 0.15) is 40.6 Å². The minimum Gasteiger partial charge on any atom is -0.489 e. The van der Waals surface area contributed by atoms with Gasteiger partial charge in [0.05, 0.1) is 10.4 Å². The molecule has 2 heterocycles. The molecule has 0 spiro atoms. The van der Waals surface area contributed by atoms with Gasteiger partial charge in [0.15, 0.2) is 0 Å². The first-order valence-electron chi connectivity index (χ1n) is 10.1. The van der Waals surface area contributed by atoms with Gasteiger partial charge >= 0.3 is 0 Å². The number of aromatic nitrogens is 2. The molecule has 7 heteroatoms. The van der Waals surface area contributed by atoms with Gasteiger partial charge in [-0.25, -0.2) is 9.97 Å². The fourth-order valence-electron chi connectivity index (χ4n) is 3.90. The van der Waals surface area contributed by atoms with Crippen LogP contribution in [0.5, 0.6) is 5.75 Å². The highest BCUT2D eigenvalue weighted by Crippen LogP contribution is 2.33. The van der Waals surface area contributed by atoms with Gasteiger partial charge in [0.2, 0.25) is 5.78 Å². The maximum Gasteiger partial charge on any atom is 0.208 e. The number of ether oxygens (including phenoxy) is 1. The molecular weight excluding hydrogens is 398 g/mol. The van der Waals surface area contributed by atoms with E-state index in [0.717, 1.165) is 24.2 Å². The summed E-state index contributed by atoms with van der Waals surface area (Å²) < 4.78 is 5.77. The third kappa shape index (κ3) is 4.68. The molecule has 1 aliphatic rings. The van der Waals surface area contributed by atoms with Crippen molar-refractivity contribution in [3.63, 3.8) is 0 Å². The molecule has 1 aliphatic carbocycles. The van der Waals surface area contributed by atoms with Crippen molar-refractivity contribution in [3.05, 3.63) is 70.3 Å². The van der Waals surface area contributed by atoms with Gasteiger partial charge in [-0.15, -0.1) is 11.3 Å². The lowest BCUT2D eigenvalue weighted by atomic mass is 10.00. The molecule has 2 N–H and O–H groups in total. The fraction of sp³-hybridized carbons (Fsp3) is 0.348. The van der Waals surface area contributed by atoms with Crippen molar-refractivity contribution in [1.82, 2.24) is 9.97 Å². The van der Waals surface area contributed by atoms with Crippen molar-refractivity contribution in [2.75, 3.05) is 11.9 Å². The van der Waals surface area contributed by atoms with Gasteiger partial charge in [-0.1, -0.05) is 25.1 Å². The first kappa shape index (κ1) is 20.5. The standard InChI is InChI=1S/C23H25N3O3S/c1-15-7-18(9-17(15)11-27)26-23-20(10-24-14-25-23)22(28)21-8-16(13-30-21)12-29-19-5-3-2-4-6-19/h2-6,8,10,13-15,17-18,27H,7,9,11-12H2,1H3,(H,24,25,26)/t15-,17+,18-/m0/s1. The topological polar surface area (TPSA) is 84.3 Å². The number of carbonyl (C=O) groups excluding carboxylic acids is 1. The number of hydrogen-bond donors (Lipinski definition) is 2. The maximum atomic E-state index is 13.1. The summed E-state index contributed by atoms with van der Waals surface area (Å²) in [5.74, 6) is 1.98. The number of benzene rings is 1. The second kappa shape index (κ2) is 9.36. The molecule has 3 atom stereocenters. The van der Waals surface area contributed by atoms with Crippen molar-refractivity contribution in [2.24, 2.45) is 11.8 Å². The molecular formula is C23H25N3O3S. The lowest BCUT2D eigenvalue weighted by molar-refractivity contribution is 0.104. The maximum absolute atomic E-state index is 13.1. The Morgan fingerprint density at radius 2 is 2.13 bits per heavy atom. The smallest absolute Gasteiger partial charge is 0.208 e. The highest BCUT2D eigenvalue weighted by molar-refractivity contribution is 7.12. The number of para-hydroxylation sites is 1. The number of anilines is 1. The third-order valence-electron chi connectivity index (χ3n) is 5.61. The number of ketones is 1. The van der Waals surface area contributed by atoms with E-state index in [2.05, 4.69) is 22.2 Å². The average Bonchev–Trinajstić information content (AvgIpc) is 3.39. The summed E-state index contributed by atoms with van der Waals surface area (Å²) in [6.45, 7) is 2.75. The van der Waals surface area contributed by atoms with Crippen molar-refractivity contribution in [1.29, 1.82) is 0 Å². The van der Waals surface area contributed by atoms with Crippen molar-refractivity contribution in [3.8, 4) is 5.75 Å². The third-order valence-corrected chi connectivity index (χ3v) is 6.58. The predicted octanol–water partition coefficient (Wildman–Crippen LogP) is 4.17. The van der Waals surface area contributed by atoms with Crippen LogP contribution in [0.2, 0.25) is 0 Å². The van der Waals surface area contributed by atoms with E-state index in [0.29, 0.717) is 28.8 Å². The Hall–Kier alpha value is -2.77. The number of nitrogens with zero attached hydrogens (tertiary/aromatic N) is 2. The van der Waals surface area contributed by atoms with Gasteiger partial charge in [0.1, 0.15) is 24.5 Å². The summed E-state index contributed by atoms with van der Waals surface area (Å²) in [4.78, 5) is 22.1. The number of aliphatic hydroxyl groups excluding tert-OH is 1. The van der Waals surface area contributed by atoms with Gasteiger partial charge in [0.25, 0.3) is 0 Å². The zero-order valence-electron chi connectivity index (χ0n) is 16.8. The van der Waals surface area contributed by atoms with Crippen molar-refractivity contribution < 1.29 is 14.6 Å². The van der Waals surface area contributed by atoms with E-state index in [9.17, 15) is 9.90 Å². The molecule has 0 bridgehead atoms. The monoisotopic (exact) mass is 423 g/mol. The van der Waals surface area contributed by atoms with E-state index in [-0.39, 0.29) is 24.3 Å². The minimum absolute atomic E-state index is 0.0983. The van der Waals surface area contributed by atoms with Gasteiger partial charge in [-0.05, 0) is 48.3 Å². The highest BCUT2D eigenvalue weighted by atomic mass is 32.1. The van der Waals surface area contributed by atoms with E-state index in [1.807, 2.05) is 41.8 Å². The Labute approximate surface area is 180 Å². The fourth-order valence-corrected chi connectivity index (χ4v) is 4.75. The molecule has 0 radical (unpaired) electrons. The minimum atomic E-state index is -0.0983. The normalized spacial score (nSPS) is 20.8. The second-order valence-electron chi connectivity index (χ2n) is 7.77. The van der Waals surface area contributed by atoms with Gasteiger partial charge in [-0.3, -0.25) is 4.79 Å². The number of hydrogen-bond acceptors (Lipinski definition) is 7. The van der Waals surface area contributed by atoms with E-state index in [1.165, 1.54) is 17.7 Å². The molecule has 0 unspecified atom stereocenters. The Morgan fingerprint density at radius 3 is 2.90 bits per heavy atom. The van der Waals surface area contributed by atoms with Crippen LogP contribution in [0.15, 0.2) is 54.3 Å². The molecule has 30 heavy (non-hydrogen) atoms. The summed E-state index contributed by atoms with van der Waals surface area (Å²) >= 11 is 1.40.